The fourth-order valence-electron chi connectivity index (χ4n) is 2.93. The van der Waals surface area contributed by atoms with Gasteiger partial charge < -0.3 is 5.73 Å². The molecule has 5 N–H and O–H groups in total. The number of likely N-dealkylation sites (tertiary alicyclic amines) is 1. The summed E-state index contributed by atoms with van der Waals surface area (Å²) in [5.41, 5.74) is 8.52. The zero-order chi connectivity index (χ0) is 15.4. The fraction of sp³-hybridized carbons (Fsp3) is 0.467. The molecule has 6 heteroatoms. The Morgan fingerprint density at radius 2 is 1.95 bits per heavy atom. The summed E-state index contributed by atoms with van der Waals surface area (Å²) in [5, 5.41) is 0. The molecule has 1 aromatic rings. The number of nitrogens with two attached hydrogens (primary N) is 2. The second-order valence-corrected chi connectivity index (χ2v) is 5.54. The van der Waals surface area contributed by atoms with Crippen molar-refractivity contribution in [2.45, 2.75) is 31.8 Å². The molecule has 6 nitrogen and oxygen atoms in total. The number of benzene rings is 1. The Morgan fingerprint density at radius 3 is 2.52 bits per heavy atom. The topological polar surface area (TPSA) is 101 Å². The summed E-state index contributed by atoms with van der Waals surface area (Å²) in [6, 6.07) is 9.11. The van der Waals surface area contributed by atoms with E-state index >= 15 is 0 Å². The third-order valence-electron chi connectivity index (χ3n) is 4.17. The second kappa shape index (κ2) is 6.69. The van der Waals surface area contributed by atoms with Crippen LogP contribution < -0.4 is 17.0 Å². The summed E-state index contributed by atoms with van der Waals surface area (Å²) in [6.45, 7) is 2.53. The van der Waals surface area contributed by atoms with Gasteiger partial charge in [-0.15, -0.1) is 0 Å². The van der Waals surface area contributed by atoms with Crippen LogP contribution in [0.3, 0.4) is 0 Å². The first-order chi connectivity index (χ1) is 10.0. The first kappa shape index (κ1) is 15.5. The van der Waals surface area contributed by atoms with Gasteiger partial charge in [0.15, 0.2) is 0 Å². The summed E-state index contributed by atoms with van der Waals surface area (Å²) in [6.07, 6.45) is 1.59. The Bertz CT molecular complexity index is 506. The highest BCUT2D eigenvalue weighted by Gasteiger charge is 2.36. The van der Waals surface area contributed by atoms with E-state index < -0.39 is 6.04 Å². The molecule has 1 aromatic carbocycles. The van der Waals surface area contributed by atoms with E-state index in [-0.39, 0.29) is 23.8 Å². The molecule has 3 unspecified atom stereocenters. The number of hydrogen-bond acceptors (Lipinski definition) is 4. The van der Waals surface area contributed by atoms with Gasteiger partial charge >= 0.3 is 0 Å². The third kappa shape index (κ3) is 3.40. The molecule has 3 atom stereocenters. The van der Waals surface area contributed by atoms with Crippen LogP contribution in [0, 0.1) is 5.92 Å². The Labute approximate surface area is 124 Å². The molecule has 1 saturated heterocycles. The Hall–Kier alpha value is -1.92. The van der Waals surface area contributed by atoms with E-state index in [2.05, 4.69) is 12.3 Å². The summed E-state index contributed by atoms with van der Waals surface area (Å²) in [7, 11) is 0. The minimum Gasteiger partial charge on any atom is -0.369 e. The number of piperidine rings is 1. The maximum Gasteiger partial charge on any atom is 0.255 e. The number of nitrogens with zero attached hydrogens (tertiary/aromatic N) is 1. The molecule has 21 heavy (non-hydrogen) atoms. The van der Waals surface area contributed by atoms with Gasteiger partial charge in [-0.3, -0.25) is 19.9 Å². The molecule has 0 spiro atoms. The van der Waals surface area contributed by atoms with Gasteiger partial charge in [-0.25, -0.2) is 5.84 Å². The van der Waals surface area contributed by atoms with E-state index in [9.17, 15) is 9.59 Å². The maximum atomic E-state index is 12.2. The van der Waals surface area contributed by atoms with Crippen molar-refractivity contribution in [3.8, 4) is 0 Å². The average Bonchev–Trinajstić information content (AvgIpc) is 2.50. The van der Waals surface area contributed by atoms with E-state index in [1.54, 1.807) is 0 Å². The van der Waals surface area contributed by atoms with Gasteiger partial charge in [0.25, 0.3) is 5.91 Å². The Morgan fingerprint density at radius 1 is 1.29 bits per heavy atom. The van der Waals surface area contributed by atoms with Crippen molar-refractivity contribution in [3.05, 3.63) is 35.9 Å². The van der Waals surface area contributed by atoms with Gasteiger partial charge in [0, 0.05) is 12.6 Å². The van der Waals surface area contributed by atoms with E-state index in [0.29, 0.717) is 6.54 Å². The summed E-state index contributed by atoms with van der Waals surface area (Å²) >= 11 is 0. The van der Waals surface area contributed by atoms with Crippen LogP contribution in [0.1, 0.15) is 31.4 Å². The number of carbonyl (C=O) groups excluding carboxylic acids is 2. The number of rotatable bonds is 4. The van der Waals surface area contributed by atoms with Crippen molar-refractivity contribution in [2.75, 3.05) is 6.54 Å². The average molecular weight is 290 g/mol. The van der Waals surface area contributed by atoms with Crippen LogP contribution >= 0.6 is 0 Å². The lowest BCUT2D eigenvalue weighted by Crippen LogP contribution is -2.52. The quantitative estimate of drug-likeness (QED) is 0.422. The van der Waals surface area contributed by atoms with Crippen LogP contribution in [0.5, 0.6) is 0 Å². The highest BCUT2D eigenvalue weighted by Crippen LogP contribution is 2.31. The van der Waals surface area contributed by atoms with Gasteiger partial charge in [0.1, 0.15) is 6.04 Å². The van der Waals surface area contributed by atoms with Crippen LogP contribution in [-0.4, -0.2) is 29.3 Å². The zero-order valence-electron chi connectivity index (χ0n) is 12.2. The summed E-state index contributed by atoms with van der Waals surface area (Å²) < 4.78 is 0. The Balaban J connectivity index is 2.31. The SMILES string of the molecule is CC1CCC(C(N)=O)CN1C(C(=O)NN)c1ccccc1. The monoisotopic (exact) mass is 290 g/mol. The minimum atomic E-state index is -0.506. The number of hydrogen-bond donors (Lipinski definition) is 3. The summed E-state index contributed by atoms with van der Waals surface area (Å²) in [4.78, 5) is 25.7. The van der Waals surface area contributed by atoms with Gasteiger partial charge in [-0.05, 0) is 25.3 Å². The molecule has 0 saturated carbocycles. The number of carbonyl (C=O) groups is 2. The molecular formula is C15H22N4O2. The number of hydrazine groups is 1. The molecule has 0 bridgehead atoms. The van der Waals surface area contributed by atoms with Crippen molar-refractivity contribution in [1.29, 1.82) is 0 Å². The van der Waals surface area contributed by atoms with Crippen molar-refractivity contribution in [2.24, 2.45) is 17.5 Å². The minimum absolute atomic E-state index is 0.183. The smallest absolute Gasteiger partial charge is 0.255 e. The van der Waals surface area contributed by atoms with Crippen molar-refractivity contribution >= 4 is 11.8 Å². The molecule has 1 aliphatic heterocycles. The summed E-state index contributed by atoms with van der Waals surface area (Å²) in [5.74, 6) is 4.52. The van der Waals surface area contributed by atoms with Gasteiger partial charge in [-0.2, -0.15) is 0 Å². The molecular weight excluding hydrogens is 268 g/mol. The van der Waals surface area contributed by atoms with Crippen molar-refractivity contribution in [1.82, 2.24) is 10.3 Å². The predicted molar refractivity (Wildman–Crippen MR) is 79.6 cm³/mol. The van der Waals surface area contributed by atoms with Crippen LogP contribution in [0.2, 0.25) is 0 Å². The lowest BCUT2D eigenvalue weighted by Gasteiger charge is -2.41. The van der Waals surface area contributed by atoms with Crippen LogP contribution in [-0.2, 0) is 9.59 Å². The molecule has 0 aromatic heterocycles. The molecule has 1 fully saturated rings. The lowest BCUT2D eigenvalue weighted by atomic mass is 9.90. The maximum absolute atomic E-state index is 12.2. The van der Waals surface area contributed by atoms with E-state index in [1.807, 2.05) is 35.2 Å². The first-order valence-corrected chi connectivity index (χ1v) is 7.15. The van der Waals surface area contributed by atoms with E-state index in [0.717, 1.165) is 18.4 Å². The molecule has 0 aliphatic carbocycles. The zero-order valence-corrected chi connectivity index (χ0v) is 12.2. The molecule has 2 rings (SSSR count). The lowest BCUT2D eigenvalue weighted by molar-refractivity contribution is -0.132. The van der Waals surface area contributed by atoms with Crippen molar-refractivity contribution < 1.29 is 9.59 Å². The van der Waals surface area contributed by atoms with Crippen molar-refractivity contribution in [3.63, 3.8) is 0 Å². The Kier molecular flexibility index (Phi) is 4.93. The number of primary amides is 1. The third-order valence-corrected chi connectivity index (χ3v) is 4.17. The van der Waals surface area contributed by atoms with E-state index in [1.165, 1.54) is 0 Å². The van der Waals surface area contributed by atoms with E-state index in [4.69, 9.17) is 11.6 Å². The second-order valence-electron chi connectivity index (χ2n) is 5.54. The van der Waals surface area contributed by atoms with Crippen LogP contribution in [0.4, 0.5) is 0 Å². The number of nitrogens with one attached hydrogen (secondary N) is 1. The van der Waals surface area contributed by atoms with Gasteiger partial charge in [0.05, 0.1) is 5.92 Å². The standard InChI is InChI=1S/C15H22N4O2/c1-10-7-8-12(14(16)20)9-19(10)13(15(21)18-17)11-5-3-2-4-6-11/h2-6,10,12-13H,7-9,17H2,1H3,(H2,16,20)(H,18,21). The normalized spacial score (nSPS) is 24.3. The number of amides is 2. The highest BCUT2D eigenvalue weighted by molar-refractivity contribution is 5.83. The largest absolute Gasteiger partial charge is 0.369 e. The fourth-order valence-corrected chi connectivity index (χ4v) is 2.93. The molecule has 2 amide bonds. The van der Waals surface area contributed by atoms with Crippen LogP contribution in [0.15, 0.2) is 30.3 Å². The molecule has 1 aliphatic rings. The van der Waals surface area contributed by atoms with Gasteiger partial charge in [0.2, 0.25) is 5.91 Å². The molecule has 114 valence electrons. The first-order valence-electron chi connectivity index (χ1n) is 7.15. The highest BCUT2D eigenvalue weighted by atomic mass is 16.2. The predicted octanol–water partition coefficient (Wildman–Crippen LogP) is 0.303. The molecule has 0 radical (unpaired) electrons. The van der Waals surface area contributed by atoms with Crippen LogP contribution in [0.25, 0.3) is 0 Å². The van der Waals surface area contributed by atoms with Gasteiger partial charge in [-0.1, -0.05) is 30.3 Å². The molecule has 1 heterocycles.